The lowest BCUT2D eigenvalue weighted by Gasteiger charge is -2.17. The predicted molar refractivity (Wildman–Crippen MR) is 96.7 cm³/mol. The van der Waals surface area contributed by atoms with Gasteiger partial charge in [-0.3, -0.25) is 9.59 Å². The van der Waals surface area contributed by atoms with Crippen LogP contribution in [-0.4, -0.2) is 34.7 Å². The minimum atomic E-state index is -1.03. The van der Waals surface area contributed by atoms with E-state index in [1.165, 1.54) is 24.5 Å². The lowest BCUT2D eigenvalue weighted by Crippen LogP contribution is -2.40. The number of carbonyl (C=O) groups excluding carboxylic acids is 1. The highest BCUT2D eigenvalue weighted by Crippen LogP contribution is 2.21. The van der Waals surface area contributed by atoms with Gasteiger partial charge in [0.25, 0.3) is 0 Å². The number of carbonyl (C=O) groups is 2. The number of aryl methyl sites for hydroxylation is 1. The van der Waals surface area contributed by atoms with E-state index in [2.05, 4.69) is 16.7 Å². The summed E-state index contributed by atoms with van der Waals surface area (Å²) in [5.74, 6) is -1.28. The molecule has 1 aliphatic rings. The van der Waals surface area contributed by atoms with Gasteiger partial charge in [-0.25, -0.2) is 0 Å². The Labute approximate surface area is 147 Å². The van der Waals surface area contributed by atoms with Gasteiger partial charge in [-0.2, -0.15) is 0 Å². The fraction of sp³-hybridized carbons (Fsp3) is 0.474. The largest absolute Gasteiger partial charge is 0.508 e. The number of phenolic OH excluding ortho intramolecular Hbond substituents is 1. The number of allylic oxidation sites excluding steroid dienone is 1. The molecular weight excluding hydrogens is 320 g/mol. The van der Waals surface area contributed by atoms with Crippen LogP contribution in [0.5, 0.6) is 5.75 Å². The second-order valence-corrected chi connectivity index (χ2v) is 6.45. The van der Waals surface area contributed by atoms with Crippen molar-refractivity contribution in [2.24, 2.45) is 0 Å². The third-order valence-corrected chi connectivity index (χ3v) is 4.39. The van der Waals surface area contributed by atoms with E-state index >= 15 is 0 Å². The second kappa shape index (κ2) is 9.22. The van der Waals surface area contributed by atoms with Crippen molar-refractivity contribution < 1.29 is 19.8 Å². The van der Waals surface area contributed by atoms with Gasteiger partial charge >= 0.3 is 5.97 Å². The zero-order valence-electron chi connectivity index (χ0n) is 14.5. The van der Waals surface area contributed by atoms with Crippen LogP contribution < -0.4 is 10.6 Å². The number of hydrogen-bond donors (Lipinski definition) is 4. The first-order valence-electron chi connectivity index (χ1n) is 8.69. The van der Waals surface area contributed by atoms with Crippen molar-refractivity contribution in [1.29, 1.82) is 0 Å². The molecule has 136 valence electrons. The molecule has 0 radical (unpaired) electrons. The van der Waals surface area contributed by atoms with E-state index in [1.54, 1.807) is 19.1 Å². The number of rotatable bonds is 8. The summed E-state index contributed by atoms with van der Waals surface area (Å²) >= 11 is 0. The van der Waals surface area contributed by atoms with E-state index < -0.39 is 12.0 Å². The summed E-state index contributed by atoms with van der Waals surface area (Å²) in [6, 6.07) is 3.71. The van der Waals surface area contributed by atoms with Crippen molar-refractivity contribution in [2.75, 3.05) is 11.9 Å². The number of carboxylic acid groups (broad SMARTS) is 1. The molecule has 4 N–H and O–H groups in total. The molecule has 2 rings (SSSR count). The number of amides is 1. The van der Waals surface area contributed by atoms with Gasteiger partial charge in [-0.05, 0) is 69.3 Å². The Morgan fingerprint density at radius 2 is 2.08 bits per heavy atom. The molecule has 6 nitrogen and oxygen atoms in total. The highest BCUT2D eigenvalue weighted by Gasteiger charge is 2.21. The third kappa shape index (κ3) is 6.23. The Kier molecular flexibility index (Phi) is 7.01. The maximum absolute atomic E-state index is 12.1. The topological polar surface area (TPSA) is 98.7 Å². The van der Waals surface area contributed by atoms with Crippen LogP contribution in [-0.2, 0) is 9.59 Å². The average molecular weight is 346 g/mol. The zero-order chi connectivity index (χ0) is 18.2. The monoisotopic (exact) mass is 346 g/mol. The van der Waals surface area contributed by atoms with E-state index in [1.807, 2.05) is 0 Å². The van der Waals surface area contributed by atoms with Gasteiger partial charge in [0.1, 0.15) is 11.8 Å². The van der Waals surface area contributed by atoms with Crippen LogP contribution in [0, 0.1) is 6.92 Å². The summed E-state index contributed by atoms with van der Waals surface area (Å²) in [5.41, 5.74) is 2.66. The molecule has 1 amide bonds. The fourth-order valence-electron chi connectivity index (χ4n) is 2.96. The molecule has 1 aliphatic carbocycles. The summed E-state index contributed by atoms with van der Waals surface area (Å²) in [6.07, 6.45) is 7.53. The first kappa shape index (κ1) is 19.0. The number of benzene rings is 1. The molecule has 25 heavy (non-hydrogen) atoms. The Balaban J connectivity index is 1.84. The van der Waals surface area contributed by atoms with Crippen molar-refractivity contribution in [2.45, 2.75) is 51.5 Å². The summed E-state index contributed by atoms with van der Waals surface area (Å²) < 4.78 is 0. The Hall–Kier alpha value is -2.34. The van der Waals surface area contributed by atoms with E-state index in [-0.39, 0.29) is 18.1 Å². The van der Waals surface area contributed by atoms with Gasteiger partial charge in [0.05, 0.1) is 6.42 Å². The summed E-state index contributed by atoms with van der Waals surface area (Å²) in [6.45, 7) is 2.31. The SMILES string of the molecule is Cc1cc(O)ccc1NC(=O)CC(NCCC1=CCCCC1)C(=O)O. The normalized spacial score (nSPS) is 15.3. The molecule has 0 bridgehead atoms. The van der Waals surface area contributed by atoms with Crippen LogP contribution in [0.4, 0.5) is 5.69 Å². The number of aliphatic carboxylic acids is 1. The number of aromatic hydroxyl groups is 1. The predicted octanol–water partition coefficient (Wildman–Crippen LogP) is 2.96. The van der Waals surface area contributed by atoms with Crippen LogP contribution in [0.1, 0.15) is 44.1 Å². The standard InChI is InChI=1S/C19H26N2O4/c1-13-11-15(22)7-8-16(13)21-18(23)12-17(19(24)25)20-10-9-14-5-3-2-4-6-14/h5,7-8,11,17,20,22H,2-4,6,9-10,12H2,1H3,(H,21,23)(H,24,25). The van der Waals surface area contributed by atoms with Gasteiger partial charge in [-0.15, -0.1) is 0 Å². The minimum Gasteiger partial charge on any atom is -0.508 e. The highest BCUT2D eigenvalue weighted by molar-refractivity contribution is 5.94. The third-order valence-electron chi connectivity index (χ3n) is 4.39. The molecule has 0 aliphatic heterocycles. The van der Waals surface area contributed by atoms with Gasteiger partial charge in [0.15, 0.2) is 0 Å². The van der Waals surface area contributed by atoms with Crippen LogP contribution in [0.3, 0.4) is 0 Å². The molecule has 0 aromatic heterocycles. The van der Waals surface area contributed by atoms with Gasteiger partial charge in [-0.1, -0.05) is 11.6 Å². The number of anilines is 1. The molecule has 0 heterocycles. The summed E-state index contributed by atoms with van der Waals surface area (Å²) in [4.78, 5) is 23.5. The smallest absolute Gasteiger partial charge is 0.321 e. The first-order chi connectivity index (χ1) is 12.0. The van der Waals surface area contributed by atoms with E-state index in [4.69, 9.17) is 0 Å². The van der Waals surface area contributed by atoms with Crippen LogP contribution in [0.2, 0.25) is 0 Å². The van der Waals surface area contributed by atoms with Crippen molar-refractivity contribution >= 4 is 17.6 Å². The maximum Gasteiger partial charge on any atom is 0.321 e. The minimum absolute atomic E-state index is 0.123. The van der Waals surface area contributed by atoms with Gasteiger partial charge in [0.2, 0.25) is 5.91 Å². The van der Waals surface area contributed by atoms with Gasteiger partial charge < -0.3 is 20.8 Å². The van der Waals surface area contributed by atoms with Crippen molar-refractivity contribution in [3.63, 3.8) is 0 Å². The molecule has 1 aromatic rings. The fourth-order valence-corrected chi connectivity index (χ4v) is 2.96. The van der Waals surface area contributed by atoms with Crippen LogP contribution in [0.25, 0.3) is 0 Å². The Morgan fingerprint density at radius 3 is 2.72 bits per heavy atom. The summed E-state index contributed by atoms with van der Waals surface area (Å²) in [5, 5.41) is 24.4. The number of phenols is 1. The molecule has 1 atom stereocenters. The molecule has 1 unspecified atom stereocenters. The molecule has 0 spiro atoms. The quantitative estimate of drug-likeness (QED) is 0.428. The first-order valence-corrected chi connectivity index (χ1v) is 8.69. The molecule has 0 fully saturated rings. The molecule has 6 heteroatoms. The van der Waals surface area contributed by atoms with Crippen LogP contribution >= 0.6 is 0 Å². The Bertz CT molecular complexity index is 655. The van der Waals surface area contributed by atoms with Crippen molar-refractivity contribution in [1.82, 2.24) is 5.32 Å². The zero-order valence-corrected chi connectivity index (χ0v) is 14.5. The molecule has 0 saturated carbocycles. The number of carboxylic acids is 1. The van der Waals surface area contributed by atoms with E-state index in [0.717, 1.165) is 24.8 Å². The Morgan fingerprint density at radius 1 is 1.28 bits per heavy atom. The number of nitrogens with one attached hydrogen (secondary N) is 2. The average Bonchev–Trinajstić information content (AvgIpc) is 2.57. The highest BCUT2D eigenvalue weighted by atomic mass is 16.4. The number of hydrogen-bond acceptors (Lipinski definition) is 4. The van der Waals surface area contributed by atoms with Gasteiger partial charge in [0, 0.05) is 5.69 Å². The lowest BCUT2D eigenvalue weighted by atomic mass is 9.97. The van der Waals surface area contributed by atoms with E-state index in [0.29, 0.717) is 12.2 Å². The second-order valence-electron chi connectivity index (χ2n) is 6.45. The molecule has 1 aromatic carbocycles. The maximum atomic E-state index is 12.1. The van der Waals surface area contributed by atoms with Crippen molar-refractivity contribution in [3.05, 3.63) is 35.4 Å². The molecular formula is C19H26N2O4. The summed E-state index contributed by atoms with van der Waals surface area (Å²) in [7, 11) is 0. The van der Waals surface area contributed by atoms with Crippen molar-refractivity contribution in [3.8, 4) is 5.75 Å². The molecule has 0 saturated heterocycles. The lowest BCUT2D eigenvalue weighted by molar-refractivity contribution is -0.141. The van der Waals surface area contributed by atoms with E-state index in [9.17, 15) is 19.8 Å². The van der Waals surface area contributed by atoms with Crippen LogP contribution in [0.15, 0.2) is 29.8 Å².